The van der Waals surface area contributed by atoms with Crippen LogP contribution in [-0.4, -0.2) is 42.7 Å². The van der Waals surface area contributed by atoms with E-state index in [0.29, 0.717) is 44.0 Å². The Morgan fingerprint density at radius 1 is 1.02 bits per heavy atom. The molecule has 0 aliphatic heterocycles. The van der Waals surface area contributed by atoms with E-state index >= 15 is 0 Å². The number of rotatable bonds is 8. The van der Waals surface area contributed by atoms with Gasteiger partial charge in [0.05, 0.1) is 16.1 Å². The molecule has 0 fully saturated rings. The molecule has 0 radical (unpaired) electrons. The highest BCUT2D eigenvalue weighted by Gasteiger charge is 2.19. The fourth-order valence-corrected chi connectivity index (χ4v) is 4.81. The van der Waals surface area contributed by atoms with Gasteiger partial charge < -0.3 is 34.3 Å². The molecule has 2 N–H and O–H groups in total. The Hall–Kier alpha value is -5.08. The van der Waals surface area contributed by atoms with Crippen LogP contribution in [0.5, 0.6) is 5.75 Å². The third-order valence-electron chi connectivity index (χ3n) is 5.95. The van der Waals surface area contributed by atoms with Gasteiger partial charge in [0.25, 0.3) is 11.0 Å². The number of benzene rings is 2. The van der Waals surface area contributed by atoms with E-state index in [4.69, 9.17) is 30.4 Å². The second-order valence-electron chi connectivity index (χ2n) is 8.97. The molecule has 13 nitrogen and oxygen atoms in total. The summed E-state index contributed by atoms with van der Waals surface area (Å²) in [6.45, 7) is 13.0. The molecule has 45 heavy (non-hydrogen) atoms. The van der Waals surface area contributed by atoms with Gasteiger partial charge in [-0.15, -0.1) is 21.5 Å². The highest BCUT2D eigenvalue weighted by atomic mass is 35.5. The number of hydrogen-bond acceptors (Lipinski definition) is 12. The molecule has 2 aromatic heterocycles. The molecule has 4 rings (SSSR count). The van der Waals surface area contributed by atoms with E-state index in [1.54, 1.807) is 33.0 Å². The summed E-state index contributed by atoms with van der Waals surface area (Å²) >= 11 is 7.06. The van der Waals surface area contributed by atoms with Gasteiger partial charge in [-0.05, 0) is 80.5 Å². The fraction of sp³-hybridized carbons (Fsp3) is 0.233. The minimum absolute atomic E-state index is 0.203. The second kappa shape index (κ2) is 18.6. The molecule has 0 saturated heterocycles. The number of carbonyl (C=O) groups excluding carboxylic acids is 4. The monoisotopic (exact) mass is 660 g/mol. The molecule has 240 valence electrons. The predicted octanol–water partition coefficient (Wildman–Crippen LogP) is 6.47. The van der Waals surface area contributed by atoms with Crippen molar-refractivity contribution in [3.05, 3.63) is 101 Å². The Kier molecular flexibility index (Phi) is 15.6. The quantitative estimate of drug-likeness (QED) is 0.0915. The normalized spacial score (nSPS) is 9.58. The predicted molar refractivity (Wildman–Crippen MR) is 171 cm³/mol. The molecule has 0 aliphatic rings. The molecule has 15 heteroatoms. The average molecular weight is 661 g/mol. The number of nitrogens with zero attached hydrogens (tertiary/aromatic N) is 2. The first-order valence-corrected chi connectivity index (χ1v) is 14.1. The van der Waals surface area contributed by atoms with Gasteiger partial charge in [-0.3, -0.25) is 4.79 Å². The number of anilines is 2. The average Bonchev–Trinajstić information content (AvgIpc) is 3.62. The lowest BCUT2D eigenvalue weighted by atomic mass is 10.0. The van der Waals surface area contributed by atoms with Crippen molar-refractivity contribution in [2.24, 2.45) is 0 Å². The van der Waals surface area contributed by atoms with Crippen LogP contribution in [0.15, 0.2) is 46.3 Å². The first kappa shape index (κ1) is 37.9. The topological polar surface area (TPSA) is 180 Å². The number of halogens is 1. The SMILES string of the molecule is C=O.C=O.CNc1onc(C)c1Cl.Cc1ccsc1C(=O)Nc1c(C)cc(C)c(OC(=O)c2ccc(CO[N+](=O)[O-])cc2)c1C. The Labute approximate surface area is 268 Å². The lowest BCUT2D eigenvalue weighted by Gasteiger charge is -2.18. The van der Waals surface area contributed by atoms with E-state index in [9.17, 15) is 19.7 Å². The molecule has 0 atom stereocenters. The summed E-state index contributed by atoms with van der Waals surface area (Å²) in [6.07, 6.45) is 0. The Bertz CT molecular complexity index is 1600. The zero-order valence-electron chi connectivity index (χ0n) is 25.5. The van der Waals surface area contributed by atoms with Crippen LogP contribution in [0.3, 0.4) is 0 Å². The van der Waals surface area contributed by atoms with Gasteiger partial charge in [0.2, 0.25) is 5.88 Å². The molecule has 4 aromatic rings. The van der Waals surface area contributed by atoms with Gasteiger partial charge >= 0.3 is 5.97 Å². The van der Waals surface area contributed by atoms with E-state index in [1.165, 1.54) is 23.5 Å². The maximum atomic E-state index is 12.7. The second-order valence-corrected chi connectivity index (χ2v) is 10.3. The summed E-state index contributed by atoms with van der Waals surface area (Å²) in [6, 6.07) is 9.89. The Morgan fingerprint density at radius 2 is 1.64 bits per heavy atom. The molecule has 2 aromatic carbocycles. The van der Waals surface area contributed by atoms with Gasteiger partial charge in [0.1, 0.15) is 36.7 Å². The summed E-state index contributed by atoms with van der Waals surface area (Å²) < 4.78 is 10.4. The molecular formula is C30H33ClN4O9S. The molecule has 1 amide bonds. The zero-order chi connectivity index (χ0) is 34.3. The summed E-state index contributed by atoms with van der Waals surface area (Å²) in [7, 11) is 1.73. The standard InChI is InChI=1S/C23H22N2O6S.C5H7ClN2O.2CH2O/c1-13-9-10-32-21(13)22(26)24-19-14(2)11-15(3)20(16(19)4)31-23(27)18-7-5-17(6-8-18)12-30-25(28)29;1-3-4(6)5(7-2)9-8-3;2*1-2/h5-11H,12H2,1-4H3,(H,24,26);7H,1-2H3;2*1H2. The van der Waals surface area contributed by atoms with Gasteiger partial charge in [-0.2, -0.15) is 0 Å². The number of carbonyl (C=O) groups is 4. The third-order valence-corrected chi connectivity index (χ3v) is 7.41. The van der Waals surface area contributed by atoms with Crippen LogP contribution >= 0.6 is 22.9 Å². The van der Waals surface area contributed by atoms with Crippen LogP contribution in [0.25, 0.3) is 0 Å². The zero-order valence-corrected chi connectivity index (χ0v) is 27.1. The van der Waals surface area contributed by atoms with E-state index in [-0.39, 0.29) is 18.1 Å². The molecule has 0 unspecified atom stereocenters. The summed E-state index contributed by atoms with van der Waals surface area (Å²) in [5, 5.41) is 21.2. The van der Waals surface area contributed by atoms with Crippen molar-refractivity contribution in [3.8, 4) is 5.75 Å². The number of aryl methyl sites for hydroxylation is 4. The Morgan fingerprint density at radius 3 is 2.11 bits per heavy atom. The van der Waals surface area contributed by atoms with Crippen LogP contribution in [0.2, 0.25) is 5.02 Å². The van der Waals surface area contributed by atoms with E-state index in [2.05, 4.69) is 20.6 Å². The summed E-state index contributed by atoms with van der Waals surface area (Å²) in [4.78, 5) is 56.7. The van der Waals surface area contributed by atoms with Gasteiger partial charge in [-0.25, -0.2) is 4.79 Å². The molecule has 0 saturated carbocycles. The minimum Gasteiger partial charge on any atom is -0.422 e. The number of ether oxygens (including phenoxy) is 1. The number of hydrogen-bond donors (Lipinski definition) is 2. The van der Waals surface area contributed by atoms with Gasteiger partial charge in [0, 0.05) is 12.6 Å². The molecule has 0 spiro atoms. The Balaban J connectivity index is 0.000000655. The number of thiophene rings is 1. The maximum absolute atomic E-state index is 12.7. The largest absolute Gasteiger partial charge is 0.422 e. The van der Waals surface area contributed by atoms with Crippen LogP contribution in [-0.2, 0) is 21.0 Å². The smallest absolute Gasteiger partial charge is 0.343 e. The molecule has 0 bridgehead atoms. The van der Waals surface area contributed by atoms with Crippen molar-refractivity contribution in [3.63, 3.8) is 0 Å². The van der Waals surface area contributed by atoms with E-state index < -0.39 is 11.1 Å². The minimum atomic E-state index is -0.874. The molecule has 2 heterocycles. The summed E-state index contributed by atoms with van der Waals surface area (Å²) in [5.41, 5.74) is 5.31. The first-order chi connectivity index (χ1) is 21.4. The van der Waals surface area contributed by atoms with Crippen molar-refractivity contribution in [2.45, 2.75) is 41.2 Å². The number of amides is 1. The first-order valence-electron chi connectivity index (χ1n) is 12.8. The lowest BCUT2D eigenvalue weighted by molar-refractivity contribution is -0.763. The van der Waals surface area contributed by atoms with Crippen LogP contribution in [0, 0.1) is 44.7 Å². The van der Waals surface area contributed by atoms with Crippen molar-refractivity contribution in [1.82, 2.24) is 5.16 Å². The van der Waals surface area contributed by atoms with Crippen LogP contribution in [0.1, 0.15) is 53.5 Å². The number of aromatic nitrogens is 1. The van der Waals surface area contributed by atoms with Gasteiger partial charge in [-0.1, -0.05) is 35.0 Å². The summed E-state index contributed by atoms with van der Waals surface area (Å²) in [5.74, 6) is 0.110. The third kappa shape index (κ3) is 10.5. The van der Waals surface area contributed by atoms with Crippen molar-refractivity contribution in [2.75, 3.05) is 17.7 Å². The van der Waals surface area contributed by atoms with Crippen molar-refractivity contribution >= 4 is 60.0 Å². The molecular weight excluding hydrogens is 628 g/mol. The highest BCUT2D eigenvalue weighted by molar-refractivity contribution is 7.12. The van der Waals surface area contributed by atoms with Crippen molar-refractivity contribution < 1.29 is 38.4 Å². The molecule has 0 aliphatic carbocycles. The fourth-order valence-electron chi connectivity index (χ4n) is 3.82. The maximum Gasteiger partial charge on any atom is 0.343 e. The number of esters is 1. The van der Waals surface area contributed by atoms with Crippen molar-refractivity contribution in [1.29, 1.82) is 0 Å². The van der Waals surface area contributed by atoms with Crippen LogP contribution < -0.4 is 15.4 Å². The van der Waals surface area contributed by atoms with E-state index in [0.717, 1.165) is 16.7 Å². The van der Waals surface area contributed by atoms with Gasteiger partial charge in [0.15, 0.2) is 0 Å². The van der Waals surface area contributed by atoms with Crippen LogP contribution in [0.4, 0.5) is 11.6 Å². The highest BCUT2D eigenvalue weighted by Crippen LogP contribution is 2.34. The number of nitrogens with one attached hydrogen (secondary N) is 2. The lowest BCUT2D eigenvalue weighted by Crippen LogP contribution is -2.16. The van der Waals surface area contributed by atoms with E-state index in [1.807, 2.05) is 51.9 Å².